The molecule has 1 amide bonds. The Morgan fingerprint density at radius 3 is 2.83 bits per heavy atom. The number of nitrogens with zero attached hydrogens (tertiary/aromatic N) is 3. The summed E-state index contributed by atoms with van der Waals surface area (Å²) in [6.45, 7) is 4.63. The van der Waals surface area contributed by atoms with E-state index in [1.165, 1.54) is 29.5 Å². The van der Waals surface area contributed by atoms with Gasteiger partial charge in [-0.1, -0.05) is 12.7 Å². The van der Waals surface area contributed by atoms with Gasteiger partial charge in [0.25, 0.3) is 5.69 Å². The highest BCUT2D eigenvalue weighted by atomic mass is 32.1. The molecule has 3 heterocycles. The summed E-state index contributed by atoms with van der Waals surface area (Å²) >= 11 is 1.47. The number of carbonyl (C=O) groups is 1. The summed E-state index contributed by atoms with van der Waals surface area (Å²) in [5, 5.41) is 10.8. The van der Waals surface area contributed by atoms with Gasteiger partial charge in [0.2, 0.25) is 5.91 Å². The number of rotatable bonds is 5. The van der Waals surface area contributed by atoms with E-state index in [2.05, 4.69) is 11.6 Å². The predicted octanol–water partition coefficient (Wildman–Crippen LogP) is 4.94. The second-order valence-electron chi connectivity index (χ2n) is 6.58. The number of benzene rings is 1. The van der Waals surface area contributed by atoms with E-state index in [4.69, 9.17) is 4.74 Å². The monoisotopic (exact) mass is 425 g/mol. The molecule has 0 saturated heterocycles. The van der Waals surface area contributed by atoms with Gasteiger partial charge < -0.3 is 9.64 Å². The maximum Gasteiger partial charge on any atom is 0.272 e. The third kappa shape index (κ3) is 3.79. The number of non-ortho nitro benzene ring substituents is 1. The molecule has 30 heavy (non-hydrogen) atoms. The van der Waals surface area contributed by atoms with E-state index < -0.39 is 10.7 Å². The van der Waals surface area contributed by atoms with E-state index in [1.807, 2.05) is 12.1 Å². The molecular formula is C21H16FN3O4S. The van der Waals surface area contributed by atoms with E-state index in [9.17, 15) is 19.3 Å². The summed E-state index contributed by atoms with van der Waals surface area (Å²) in [6, 6.07) is 6.83. The number of aromatic nitrogens is 1. The van der Waals surface area contributed by atoms with Crippen molar-refractivity contribution in [2.24, 2.45) is 0 Å². The average Bonchev–Trinajstić information content (AvgIpc) is 3.20. The zero-order valence-corrected chi connectivity index (χ0v) is 16.5. The van der Waals surface area contributed by atoms with Gasteiger partial charge in [-0.2, -0.15) is 0 Å². The van der Waals surface area contributed by atoms with Crippen LogP contribution in [0.2, 0.25) is 0 Å². The third-order valence-electron chi connectivity index (χ3n) is 4.73. The van der Waals surface area contributed by atoms with Gasteiger partial charge in [0, 0.05) is 36.3 Å². The van der Waals surface area contributed by atoms with E-state index in [0.29, 0.717) is 30.8 Å². The SMILES string of the molecule is C=CC(=O)N1CC=C(c2cc3nccc(Oc4ccc([N+](=O)[O-])cc4F)c3s2)CC1. The van der Waals surface area contributed by atoms with Gasteiger partial charge in [0.05, 0.1) is 21.2 Å². The molecule has 0 unspecified atom stereocenters. The number of carbonyl (C=O) groups excluding carboxylic acids is 1. The molecule has 3 aromatic rings. The molecular weight excluding hydrogens is 409 g/mol. The molecule has 2 aromatic heterocycles. The molecule has 152 valence electrons. The van der Waals surface area contributed by atoms with Crippen molar-refractivity contribution in [2.75, 3.05) is 13.1 Å². The van der Waals surface area contributed by atoms with Crippen molar-refractivity contribution in [3.63, 3.8) is 0 Å². The molecule has 0 fully saturated rings. The lowest BCUT2D eigenvalue weighted by atomic mass is 10.1. The highest BCUT2D eigenvalue weighted by Crippen LogP contribution is 2.39. The minimum Gasteiger partial charge on any atom is -0.453 e. The number of hydrogen-bond donors (Lipinski definition) is 0. The number of thiophene rings is 1. The van der Waals surface area contributed by atoms with Crippen LogP contribution in [0.3, 0.4) is 0 Å². The van der Waals surface area contributed by atoms with Crippen LogP contribution in [0, 0.1) is 15.9 Å². The molecule has 1 aliphatic rings. The fourth-order valence-corrected chi connectivity index (χ4v) is 4.31. The van der Waals surface area contributed by atoms with Crippen molar-refractivity contribution in [3.05, 3.63) is 76.1 Å². The molecule has 0 spiro atoms. The maximum absolute atomic E-state index is 14.2. The summed E-state index contributed by atoms with van der Waals surface area (Å²) in [7, 11) is 0. The van der Waals surface area contributed by atoms with E-state index >= 15 is 0 Å². The lowest BCUT2D eigenvalue weighted by Gasteiger charge is -2.24. The second-order valence-corrected chi connectivity index (χ2v) is 7.63. The Balaban J connectivity index is 1.62. The summed E-state index contributed by atoms with van der Waals surface area (Å²) in [4.78, 5) is 28.9. The van der Waals surface area contributed by atoms with Gasteiger partial charge in [-0.15, -0.1) is 11.3 Å². The van der Waals surface area contributed by atoms with Crippen LogP contribution in [-0.2, 0) is 4.79 Å². The maximum atomic E-state index is 14.2. The highest BCUT2D eigenvalue weighted by Gasteiger charge is 2.19. The zero-order valence-electron chi connectivity index (χ0n) is 15.7. The molecule has 0 N–H and O–H groups in total. The quantitative estimate of drug-likeness (QED) is 0.328. The van der Waals surface area contributed by atoms with Gasteiger partial charge >= 0.3 is 0 Å². The number of nitro groups is 1. The van der Waals surface area contributed by atoms with E-state index in [0.717, 1.165) is 21.2 Å². The molecule has 0 saturated carbocycles. The molecule has 0 aliphatic carbocycles. The fraction of sp³-hybridized carbons (Fsp3) is 0.143. The van der Waals surface area contributed by atoms with Crippen LogP contribution in [0.4, 0.5) is 10.1 Å². The second kappa shape index (κ2) is 8.03. The van der Waals surface area contributed by atoms with Crippen LogP contribution < -0.4 is 4.74 Å². The molecule has 0 atom stereocenters. The molecule has 1 aliphatic heterocycles. The summed E-state index contributed by atoms with van der Waals surface area (Å²) < 4.78 is 20.7. The summed E-state index contributed by atoms with van der Waals surface area (Å²) in [6.07, 6.45) is 5.59. The van der Waals surface area contributed by atoms with Crippen LogP contribution >= 0.6 is 11.3 Å². The fourth-order valence-electron chi connectivity index (χ4n) is 3.18. The van der Waals surface area contributed by atoms with Gasteiger partial charge in [0.15, 0.2) is 11.6 Å². The minimum atomic E-state index is -0.812. The smallest absolute Gasteiger partial charge is 0.272 e. The van der Waals surface area contributed by atoms with Crippen LogP contribution in [-0.4, -0.2) is 33.8 Å². The van der Waals surface area contributed by atoms with Gasteiger partial charge in [0.1, 0.15) is 5.75 Å². The van der Waals surface area contributed by atoms with Crippen molar-refractivity contribution in [1.82, 2.24) is 9.88 Å². The first-order chi connectivity index (χ1) is 14.5. The number of nitro benzene ring substituents is 1. The van der Waals surface area contributed by atoms with Crippen LogP contribution in [0.25, 0.3) is 15.8 Å². The molecule has 1 aromatic carbocycles. The predicted molar refractivity (Wildman–Crippen MR) is 112 cm³/mol. The number of ether oxygens (including phenoxy) is 1. The third-order valence-corrected chi connectivity index (χ3v) is 5.95. The summed E-state index contributed by atoms with van der Waals surface area (Å²) in [5.41, 5.74) is 1.48. The Kier molecular flexibility index (Phi) is 5.28. The Bertz CT molecular complexity index is 1200. The van der Waals surface area contributed by atoms with Crippen molar-refractivity contribution < 1.29 is 18.8 Å². The Labute approximate surface area is 174 Å². The zero-order chi connectivity index (χ0) is 21.3. The molecule has 9 heteroatoms. The Hall–Kier alpha value is -3.59. The topological polar surface area (TPSA) is 85.6 Å². The van der Waals surface area contributed by atoms with E-state index in [1.54, 1.807) is 17.2 Å². The highest BCUT2D eigenvalue weighted by molar-refractivity contribution is 7.20. The van der Waals surface area contributed by atoms with Crippen molar-refractivity contribution in [2.45, 2.75) is 6.42 Å². The van der Waals surface area contributed by atoms with Crippen molar-refractivity contribution in [1.29, 1.82) is 0 Å². The van der Waals surface area contributed by atoms with Crippen LogP contribution in [0.1, 0.15) is 11.3 Å². The number of pyridine rings is 1. The number of halogens is 1. The molecule has 7 nitrogen and oxygen atoms in total. The Morgan fingerprint density at radius 1 is 1.33 bits per heavy atom. The number of fused-ring (bicyclic) bond motifs is 1. The van der Waals surface area contributed by atoms with Gasteiger partial charge in [-0.05, 0) is 30.2 Å². The molecule has 0 radical (unpaired) electrons. The van der Waals surface area contributed by atoms with Crippen molar-refractivity contribution >= 4 is 38.7 Å². The van der Waals surface area contributed by atoms with E-state index in [-0.39, 0.29) is 17.3 Å². The standard InChI is InChI=1S/C21H16FN3O4S/c1-2-20(26)24-9-6-13(7-10-24)19-12-16-21(30-19)18(5-8-23-16)29-17-4-3-14(25(27)28)11-15(17)22/h2-6,8,11-12H,1,7,9-10H2. The van der Waals surface area contributed by atoms with Crippen LogP contribution in [0.5, 0.6) is 11.5 Å². The first-order valence-corrected chi connectivity index (χ1v) is 9.89. The number of hydrogen-bond acceptors (Lipinski definition) is 6. The lowest BCUT2D eigenvalue weighted by molar-refractivity contribution is -0.385. The average molecular weight is 425 g/mol. The minimum absolute atomic E-state index is 0.0934. The number of amides is 1. The van der Waals surface area contributed by atoms with Gasteiger partial charge in [-0.3, -0.25) is 19.9 Å². The van der Waals surface area contributed by atoms with Gasteiger partial charge in [-0.25, -0.2) is 4.39 Å². The first-order valence-electron chi connectivity index (χ1n) is 9.07. The largest absolute Gasteiger partial charge is 0.453 e. The first kappa shape index (κ1) is 19.7. The van der Waals surface area contributed by atoms with Crippen molar-refractivity contribution in [3.8, 4) is 11.5 Å². The van der Waals surface area contributed by atoms with Crippen LogP contribution in [0.15, 0.2) is 55.3 Å². The normalized spacial score (nSPS) is 13.8. The molecule has 4 rings (SSSR count). The lowest BCUT2D eigenvalue weighted by Crippen LogP contribution is -2.33. The molecule has 0 bridgehead atoms. The Morgan fingerprint density at radius 2 is 2.17 bits per heavy atom. The summed E-state index contributed by atoms with van der Waals surface area (Å²) in [5.74, 6) is -0.584.